The molecule has 0 spiro atoms. The Morgan fingerprint density at radius 3 is 2.82 bits per heavy atom. The third-order valence-electron chi connectivity index (χ3n) is 7.64. The van der Waals surface area contributed by atoms with Crippen molar-refractivity contribution in [2.45, 2.75) is 51.6 Å². The van der Waals surface area contributed by atoms with E-state index in [1.165, 1.54) is 25.9 Å². The van der Waals surface area contributed by atoms with Crippen LogP contribution >= 0.6 is 22.7 Å². The Kier molecular flexibility index (Phi) is 7.86. The standard InChI is InChI=1S/C31H35N3O2S2/c1-5-36-30(35)11-8-15-33(19-24-12-13-29-27(18-24)32-21-38-29)23(3)31(4)14-16-34(31)22(2)17-25-20-37-28-10-7-6-9-26(25)28/h6-7,9-10,12-13,18,20-21H,2-3,5,8,11,14-17,19H2,1,4H3. The molecule has 3 heterocycles. The number of thiophene rings is 1. The van der Waals surface area contributed by atoms with Crippen LogP contribution in [0.5, 0.6) is 0 Å². The molecule has 0 N–H and O–H groups in total. The predicted octanol–water partition coefficient (Wildman–Crippen LogP) is 7.39. The van der Waals surface area contributed by atoms with Crippen molar-refractivity contribution in [1.29, 1.82) is 0 Å². The van der Waals surface area contributed by atoms with Crippen molar-refractivity contribution in [3.8, 4) is 0 Å². The Morgan fingerprint density at radius 1 is 1.18 bits per heavy atom. The van der Waals surface area contributed by atoms with E-state index in [4.69, 9.17) is 4.74 Å². The minimum Gasteiger partial charge on any atom is -0.466 e. The van der Waals surface area contributed by atoms with Gasteiger partial charge in [0.25, 0.3) is 0 Å². The molecule has 0 aliphatic carbocycles. The van der Waals surface area contributed by atoms with Gasteiger partial charge in [-0.25, -0.2) is 4.98 Å². The van der Waals surface area contributed by atoms with Gasteiger partial charge in [-0.15, -0.1) is 22.7 Å². The van der Waals surface area contributed by atoms with Crippen LogP contribution in [0.25, 0.3) is 20.3 Å². The van der Waals surface area contributed by atoms with E-state index in [1.807, 2.05) is 12.4 Å². The van der Waals surface area contributed by atoms with Gasteiger partial charge < -0.3 is 14.5 Å². The number of ether oxygens (including phenoxy) is 1. The van der Waals surface area contributed by atoms with Gasteiger partial charge in [0.1, 0.15) is 0 Å². The first-order valence-corrected chi connectivity index (χ1v) is 15.0. The number of hydrogen-bond acceptors (Lipinski definition) is 7. The van der Waals surface area contributed by atoms with Crippen LogP contribution in [0.1, 0.15) is 44.2 Å². The Morgan fingerprint density at radius 2 is 2.03 bits per heavy atom. The molecular weight excluding hydrogens is 510 g/mol. The largest absolute Gasteiger partial charge is 0.466 e. The molecule has 38 heavy (non-hydrogen) atoms. The molecule has 5 nitrogen and oxygen atoms in total. The van der Waals surface area contributed by atoms with Crippen molar-refractivity contribution >= 4 is 48.9 Å². The number of rotatable bonds is 12. The summed E-state index contributed by atoms with van der Waals surface area (Å²) < 4.78 is 7.67. The van der Waals surface area contributed by atoms with Crippen LogP contribution in [0.4, 0.5) is 0 Å². The lowest BCUT2D eigenvalue weighted by Gasteiger charge is -2.56. The van der Waals surface area contributed by atoms with Crippen molar-refractivity contribution in [2.75, 3.05) is 19.7 Å². The van der Waals surface area contributed by atoms with E-state index in [0.717, 1.165) is 49.4 Å². The molecule has 0 amide bonds. The first-order valence-electron chi connectivity index (χ1n) is 13.2. The number of thiazole rings is 1. The van der Waals surface area contributed by atoms with E-state index in [0.29, 0.717) is 19.4 Å². The average molecular weight is 546 g/mol. The number of carbonyl (C=O) groups excluding carboxylic acids is 1. The summed E-state index contributed by atoms with van der Waals surface area (Å²) in [6.45, 7) is 16.1. The van der Waals surface area contributed by atoms with Gasteiger partial charge in [-0.1, -0.05) is 37.4 Å². The van der Waals surface area contributed by atoms with Gasteiger partial charge in [0, 0.05) is 48.6 Å². The van der Waals surface area contributed by atoms with Crippen LogP contribution in [-0.4, -0.2) is 46.0 Å². The highest BCUT2D eigenvalue weighted by Crippen LogP contribution is 2.42. The Balaban J connectivity index is 1.32. The molecule has 198 valence electrons. The highest BCUT2D eigenvalue weighted by atomic mass is 32.1. The van der Waals surface area contributed by atoms with Gasteiger partial charge in [-0.05, 0) is 66.8 Å². The van der Waals surface area contributed by atoms with Gasteiger partial charge in [-0.2, -0.15) is 0 Å². The maximum absolute atomic E-state index is 12.0. The van der Waals surface area contributed by atoms with Crippen molar-refractivity contribution in [3.63, 3.8) is 0 Å². The molecule has 2 aromatic heterocycles. The minimum atomic E-state index is -0.211. The first-order chi connectivity index (χ1) is 18.4. The lowest BCUT2D eigenvalue weighted by molar-refractivity contribution is -0.143. The Bertz CT molecular complexity index is 1470. The zero-order valence-corrected chi connectivity index (χ0v) is 23.9. The van der Waals surface area contributed by atoms with Gasteiger partial charge in [0.05, 0.1) is 27.9 Å². The molecule has 0 radical (unpaired) electrons. The second-order valence-electron chi connectivity index (χ2n) is 10.1. The van der Waals surface area contributed by atoms with E-state index in [9.17, 15) is 4.79 Å². The van der Waals surface area contributed by atoms with Crippen LogP contribution in [0.3, 0.4) is 0 Å². The fourth-order valence-electron chi connectivity index (χ4n) is 5.37. The molecular formula is C31H35N3O2S2. The summed E-state index contributed by atoms with van der Waals surface area (Å²) in [6, 6.07) is 15.1. The molecule has 1 fully saturated rings. The number of allylic oxidation sites excluding steroid dienone is 1. The van der Waals surface area contributed by atoms with E-state index >= 15 is 0 Å². The summed E-state index contributed by atoms with van der Waals surface area (Å²) in [5.74, 6) is -0.144. The molecule has 1 aliphatic heterocycles. The third kappa shape index (κ3) is 5.36. The molecule has 1 unspecified atom stereocenters. The summed E-state index contributed by atoms with van der Waals surface area (Å²) in [5, 5.41) is 3.58. The minimum absolute atomic E-state index is 0.144. The second-order valence-corrected chi connectivity index (χ2v) is 11.9. The fraction of sp³-hybridized carbons (Fsp3) is 0.355. The van der Waals surface area contributed by atoms with Crippen LogP contribution < -0.4 is 0 Å². The summed E-state index contributed by atoms with van der Waals surface area (Å²) >= 11 is 3.45. The van der Waals surface area contributed by atoms with Gasteiger partial charge in [-0.3, -0.25) is 4.79 Å². The molecule has 2 aromatic carbocycles. The number of carbonyl (C=O) groups is 1. The van der Waals surface area contributed by atoms with Gasteiger partial charge >= 0.3 is 5.97 Å². The molecule has 7 heteroatoms. The van der Waals surface area contributed by atoms with Crippen LogP contribution in [0.2, 0.25) is 0 Å². The lowest BCUT2D eigenvalue weighted by atomic mass is 9.81. The number of esters is 1. The number of benzene rings is 2. The molecule has 5 rings (SSSR count). The molecule has 1 atom stereocenters. The van der Waals surface area contributed by atoms with Crippen LogP contribution in [0.15, 0.2) is 77.9 Å². The predicted molar refractivity (Wildman–Crippen MR) is 159 cm³/mol. The van der Waals surface area contributed by atoms with Crippen LogP contribution in [0, 0.1) is 0 Å². The summed E-state index contributed by atoms with van der Waals surface area (Å²) in [7, 11) is 0. The number of fused-ring (bicyclic) bond motifs is 2. The Hall–Kier alpha value is -3.16. The van der Waals surface area contributed by atoms with E-state index in [-0.39, 0.29) is 11.5 Å². The highest BCUT2D eigenvalue weighted by Gasteiger charge is 2.45. The third-order valence-corrected chi connectivity index (χ3v) is 9.46. The van der Waals surface area contributed by atoms with E-state index in [1.54, 1.807) is 22.7 Å². The average Bonchev–Trinajstić information content (AvgIpc) is 3.53. The maximum atomic E-state index is 12.0. The quantitative estimate of drug-likeness (QED) is 0.174. The zero-order chi connectivity index (χ0) is 26.7. The van der Waals surface area contributed by atoms with Crippen molar-refractivity contribution in [3.05, 3.63) is 89.0 Å². The lowest BCUT2D eigenvalue weighted by Crippen LogP contribution is -2.60. The zero-order valence-electron chi connectivity index (χ0n) is 22.2. The molecule has 0 bridgehead atoms. The van der Waals surface area contributed by atoms with Crippen molar-refractivity contribution in [2.24, 2.45) is 0 Å². The van der Waals surface area contributed by atoms with E-state index < -0.39 is 0 Å². The number of aromatic nitrogens is 1. The van der Waals surface area contributed by atoms with E-state index in [2.05, 4.69) is 82.7 Å². The van der Waals surface area contributed by atoms with Gasteiger partial charge in [0.2, 0.25) is 0 Å². The topological polar surface area (TPSA) is 45.7 Å². The smallest absolute Gasteiger partial charge is 0.305 e. The fourth-order valence-corrected chi connectivity index (χ4v) is 6.99. The summed E-state index contributed by atoms with van der Waals surface area (Å²) in [6.07, 6.45) is 2.97. The normalized spacial score (nSPS) is 16.9. The van der Waals surface area contributed by atoms with Crippen LogP contribution in [-0.2, 0) is 22.5 Å². The van der Waals surface area contributed by atoms with Crippen molar-refractivity contribution in [1.82, 2.24) is 14.8 Å². The molecule has 1 aliphatic rings. The SMILES string of the molecule is C=C(Cc1csc2ccccc12)N1CCC1(C)C(=C)N(CCCC(=O)OCC)Cc1ccc2scnc2c1. The number of hydrogen-bond donors (Lipinski definition) is 0. The summed E-state index contributed by atoms with van der Waals surface area (Å²) in [4.78, 5) is 21.3. The Labute approximate surface area is 233 Å². The molecule has 1 saturated heterocycles. The molecule has 0 saturated carbocycles. The number of likely N-dealkylation sites (tertiary alicyclic amines) is 1. The number of nitrogens with zero attached hydrogens (tertiary/aromatic N) is 3. The van der Waals surface area contributed by atoms with Crippen molar-refractivity contribution < 1.29 is 9.53 Å². The highest BCUT2D eigenvalue weighted by molar-refractivity contribution is 7.17. The maximum Gasteiger partial charge on any atom is 0.305 e. The first kappa shape index (κ1) is 26.4. The monoisotopic (exact) mass is 545 g/mol. The van der Waals surface area contributed by atoms with Gasteiger partial charge in [0.15, 0.2) is 0 Å². The second kappa shape index (κ2) is 11.3. The summed E-state index contributed by atoms with van der Waals surface area (Å²) in [5.41, 5.74) is 7.42. The molecule has 4 aromatic rings.